The summed E-state index contributed by atoms with van der Waals surface area (Å²) in [5.41, 5.74) is -6.29. The number of anilines is 3. The minimum atomic E-state index is -5.12. The Balaban J connectivity index is 1.28. The highest BCUT2D eigenvalue weighted by Gasteiger charge is 2.45. The fraction of sp³-hybridized carbons (Fsp3) is 0.325. The van der Waals surface area contributed by atoms with Gasteiger partial charge in [0.15, 0.2) is 0 Å². The van der Waals surface area contributed by atoms with Gasteiger partial charge in [-0.1, -0.05) is 75.4 Å². The lowest BCUT2D eigenvalue weighted by molar-refractivity contribution is -0.143. The lowest BCUT2D eigenvalue weighted by Gasteiger charge is -2.42. The highest BCUT2D eigenvalue weighted by Crippen LogP contribution is 2.44. The summed E-state index contributed by atoms with van der Waals surface area (Å²) in [6.45, 7) is 5.81. The average Bonchev–Trinajstić information content (AvgIpc) is 3.57. The van der Waals surface area contributed by atoms with E-state index in [4.69, 9.17) is 0 Å². The fourth-order valence-electron chi connectivity index (χ4n) is 8.07. The predicted octanol–water partition coefficient (Wildman–Crippen LogP) is 9.20. The Bertz CT molecular complexity index is 2390. The third-order valence-electron chi connectivity index (χ3n) is 10.4. The second kappa shape index (κ2) is 12.0. The molecule has 0 aliphatic carbocycles. The number of amides is 1. The first-order chi connectivity index (χ1) is 24.3. The number of benzene rings is 5. The molecule has 1 aliphatic rings. The number of hydrogen-bond acceptors (Lipinski definition) is 5. The summed E-state index contributed by atoms with van der Waals surface area (Å²) in [6.07, 6.45) is -8.84. The molecule has 1 fully saturated rings. The van der Waals surface area contributed by atoms with E-state index in [9.17, 15) is 40.7 Å². The molecule has 0 spiro atoms. The van der Waals surface area contributed by atoms with Crippen molar-refractivity contribution in [3.8, 4) is 0 Å². The van der Waals surface area contributed by atoms with Crippen molar-refractivity contribution in [1.29, 1.82) is 0 Å². The van der Waals surface area contributed by atoms with Gasteiger partial charge in [-0.15, -0.1) is 0 Å². The molecule has 1 aliphatic heterocycles. The highest BCUT2D eigenvalue weighted by atomic mass is 19.4. The number of likely N-dealkylation sites (N-methyl/N-ethyl adjacent to an activating group) is 1. The van der Waals surface area contributed by atoms with Gasteiger partial charge >= 0.3 is 12.4 Å². The van der Waals surface area contributed by atoms with Crippen molar-refractivity contribution < 1.29 is 31.1 Å². The molecule has 12 heteroatoms. The third-order valence-corrected chi connectivity index (χ3v) is 10.4. The standard InChI is InChI=1S/C40H35F6N3O3/c1-38(2,3)36(48(5)33-32(34(50)35(33)51)47(4)26-19-24(39(41,42)43)18-25(20-26)40(44,45)46)37(52)49-17-7-10-29(49)27-15-13-23-12-11-21-8-6-9-22-14-16-28(27)31(23)30(21)22/h6,8-9,11-16,18-20,29,36H,7,10,17H2,1-5H3/t29-,36-/m1/s1. The van der Waals surface area contributed by atoms with Crippen LogP contribution in [0.2, 0.25) is 0 Å². The van der Waals surface area contributed by atoms with Crippen LogP contribution in [0.15, 0.2) is 82.4 Å². The summed E-state index contributed by atoms with van der Waals surface area (Å²) in [5.74, 6) is -0.316. The van der Waals surface area contributed by atoms with Crippen molar-refractivity contribution in [3.63, 3.8) is 0 Å². The van der Waals surface area contributed by atoms with Crippen LogP contribution < -0.4 is 20.7 Å². The number of carbonyl (C=O) groups excluding carboxylic acids is 1. The molecule has 6 aromatic carbocycles. The summed E-state index contributed by atoms with van der Waals surface area (Å²) in [5, 5.41) is 6.56. The van der Waals surface area contributed by atoms with E-state index in [0.29, 0.717) is 31.5 Å². The second-order valence-corrected chi connectivity index (χ2v) is 14.8. The lowest BCUT2D eigenvalue weighted by Crippen LogP contribution is -2.57. The Morgan fingerprint density at radius 2 is 1.29 bits per heavy atom. The molecule has 270 valence electrons. The van der Waals surface area contributed by atoms with Crippen LogP contribution in [0.1, 0.15) is 56.3 Å². The number of halogens is 6. The molecule has 0 aromatic heterocycles. The van der Waals surface area contributed by atoms with E-state index in [1.807, 2.05) is 12.1 Å². The Morgan fingerprint density at radius 3 is 1.87 bits per heavy atom. The molecule has 1 heterocycles. The molecule has 52 heavy (non-hydrogen) atoms. The molecular weight excluding hydrogens is 684 g/mol. The summed E-state index contributed by atoms with van der Waals surface area (Å²) >= 11 is 0. The second-order valence-electron chi connectivity index (χ2n) is 14.8. The van der Waals surface area contributed by atoms with Gasteiger partial charge in [0, 0.05) is 26.3 Å². The summed E-state index contributed by atoms with van der Waals surface area (Å²) in [7, 11) is 2.58. The number of rotatable bonds is 6. The zero-order valence-electron chi connectivity index (χ0n) is 29.0. The van der Waals surface area contributed by atoms with E-state index in [2.05, 4.69) is 42.5 Å². The Kier molecular flexibility index (Phi) is 8.12. The minimum Gasteiger partial charge on any atom is -0.357 e. The normalized spacial score (nSPS) is 16.4. The van der Waals surface area contributed by atoms with Gasteiger partial charge in [-0.25, -0.2) is 0 Å². The van der Waals surface area contributed by atoms with E-state index < -0.39 is 57.2 Å². The van der Waals surface area contributed by atoms with Gasteiger partial charge < -0.3 is 14.7 Å². The number of hydrogen-bond donors (Lipinski definition) is 0. The molecular formula is C40H35F6N3O3. The highest BCUT2D eigenvalue weighted by molar-refractivity contribution is 6.23. The van der Waals surface area contributed by atoms with Gasteiger partial charge in [-0.3, -0.25) is 14.4 Å². The van der Waals surface area contributed by atoms with Crippen molar-refractivity contribution in [3.05, 3.63) is 110 Å². The largest absolute Gasteiger partial charge is 0.416 e. The smallest absolute Gasteiger partial charge is 0.357 e. The monoisotopic (exact) mass is 719 g/mol. The molecule has 6 aromatic rings. The van der Waals surface area contributed by atoms with Gasteiger partial charge in [0.05, 0.1) is 17.2 Å². The van der Waals surface area contributed by atoms with Crippen molar-refractivity contribution in [1.82, 2.24) is 4.90 Å². The number of alkyl halides is 6. The van der Waals surface area contributed by atoms with Crippen molar-refractivity contribution in [2.24, 2.45) is 5.41 Å². The minimum absolute atomic E-state index is 0.00579. The topological polar surface area (TPSA) is 60.9 Å². The molecule has 7 rings (SSSR count). The van der Waals surface area contributed by atoms with Crippen LogP contribution >= 0.6 is 0 Å². The fourth-order valence-corrected chi connectivity index (χ4v) is 8.07. The maximum Gasteiger partial charge on any atom is 0.416 e. The zero-order chi connectivity index (χ0) is 37.7. The molecule has 0 N–H and O–H groups in total. The van der Waals surface area contributed by atoms with E-state index in [1.165, 1.54) is 11.9 Å². The van der Waals surface area contributed by atoms with Gasteiger partial charge in [-0.2, -0.15) is 26.3 Å². The number of nitrogens with zero attached hydrogens (tertiary/aromatic N) is 3. The molecule has 1 amide bonds. The SMILES string of the molecule is CN(c1cc(C(F)(F)F)cc(C(F)(F)F)c1)c1c(N(C)[C@H](C(=O)N2CCC[C@@H]2c2ccc3ccc4cccc5ccc2c3c45)C(C)(C)C)c(=O)c1=O. The van der Waals surface area contributed by atoms with Crippen LogP contribution in [0, 0.1) is 5.41 Å². The van der Waals surface area contributed by atoms with Crippen LogP contribution in [-0.4, -0.2) is 37.5 Å². The van der Waals surface area contributed by atoms with Gasteiger partial charge in [-0.05, 0) is 74.3 Å². The quantitative estimate of drug-likeness (QED) is 0.0977. The zero-order valence-corrected chi connectivity index (χ0v) is 29.0. The average molecular weight is 720 g/mol. The van der Waals surface area contributed by atoms with E-state index in [1.54, 1.807) is 25.7 Å². The lowest BCUT2D eigenvalue weighted by atomic mass is 9.83. The van der Waals surface area contributed by atoms with Crippen LogP contribution in [0.25, 0.3) is 32.3 Å². The molecule has 0 radical (unpaired) electrons. The summed E-state index contributed by atoms with van der Waals surface area (Å²) in [6, 6.07) is 18.2. The molecule has 0 saturated carbocycles. The van der Waals surface area contributed by atoms with Crippen molar-refractivity contribution in [2.45, 2.75) is 58.0 Å². The van der Waals surface area contributed by atoms with E-state index in [-0.39, 0.29) is 23.7 Å². The van der Waals surface area contributed by atoms with Crippen LogP contribution in [0.4, 0.5) is 43.4 Å². The maximum absolute atomic E-state index is 14.8. The maximum atomic E-state index is 14.8. The Hall–Kier alpha value is -5.13. The third kappa shape index (κ3) is 5.63. The van der Waals surface area contributed by atoms with Crippen LogP contribution in [-0.2, 0) is 17.1 Å². The molecule has 6 nitrogen and oxygen atoms in total. The van der Waals surface area contributed by atoms with Crippen LogP contribution in [0.3, 0.4) is 0 Å². The molecule has 0 bridgehead atoms. The van der Waals surface area contributed by atoms with Crippen LogP contribution in [0.5, 0.6) is 0 Å². The van der Waals surface area contributed by atoms with Gasteiger partial charge in [0.25, 0.3) is 10.9 Å². The van der Waals surface area contributed by atoms with E-state index >= 15 is 0 Å². The van der Waals surface area contributed by atoms with Crippen molar-refractivity contribution >= 4 is 55.3 Å². The van der Waals surface area contributed by atoms with Gasteiger partial charge in [0.1, 0.15) is 17.4 Å². The first kappa shape index (κ1) is 35.3. The molecule has 2 atom stereocenters. The van der Waals surface area contributed by atoms with Crippen molar-refractivity contribution in [2.75, 3.05) is 30.4 Å². The Labute approximate surface area is 294 Å². The summed E-state index contributed by atoms with van der Waals surface area (Å²) < 4.78 is 82.1. The van der Waals surface area contributed by atoms with E-state index in [0.717, 1.165) is 49.8 Å². The number of likely N-dealkylation sites (tertiary alicyclic amines) is 1. The molecule has 0 unspecified atom stereocenters. The van der Waals surface area contributed by atoms with Gasteiger partial charge in [0.2, 0.25) is 5.91 Å². The molecule has 1 saturated heterocycles. The first-order valence-corrected chi connectivity index (χ1v) is 16.9. The Morgan fingerprint density at radius 1 is 0.750 bits per heavy atom. The predicted molar refractivity (Wildman–Crippen MR) is 191 cm³/mol. The summed E-state index contributed by atoms with van der Waals surface area (Å²) in [4.78, 5) is 45.0. The number of carbonyl (C=O) groups is 1. The first-order valence-electron chi connectivity index (χ1n) is 16.9.